The molecule has 0 aliphatic carbocycles. The number of hydrogen-bond donors (Lipinski definition) is 1. The molecule has 4 nitrogen and oxygen atoms in total. The summed E-state index contributed by atoms with van der Waals surface area (Å²) in [4.78, 5) is 11.8. The van der Waals surface area contributed by atoms with Crippen LogP contribution in [0.5, 0.6) is 0 Å². The van der Waals surface area contributed by atoms with Gasteiger partial charge in [-0.25, -0.2) is 8.42 Å². The average molecular weight is 311 g/mol. The maximum Gasteiger partial charge on any atom is 0.152 e. The number of benzene rings is 1. The first-order valence-electron chi connectivity index (χ1n) is 7.39. The highest BCUT2D eigenvalue weighted by atomic mass is 32.2. The number of nitrogens with two attached hydrogens (primary N) is 1. The van der Waals surface area contributed by atoms with Crippen molar-refractivity contribution in [2.75, 3.05) is 11.5 Å². The van der Waals surface area contributed by atoms with E-state index in [4.69, 9.17) is 5.73 Å². The molecule has 1 aromatic carbocycles. The molecule has 0 aliphatic rings. The number of carbonyl (C=O) groups is 1. The lowest BCUT2D eigenvalue weighted by molar-refractivity contribution is -0.118. The van der Waals surface area contributed by atoms with Crippen molar-refractivity contribution >= 4 is 21.3 Å². The first kappa shape index (κ1) is 17.7. The van der Waals surface area contributed by atoms with E-state index in [1.807, 2.05) is 12.1 Å². The molecular weight excluding hydrogens is 286 g/mol. The minimum absolute atomic E-state index is 0.187. The molecule has 1 aromatic rings. The molecule has 0 fully saturated rings. The Kier molecular flexibility index (Phi) is 6.89. The summed E-state index contributed by atoms with van der Waals surface area (Å²) >= 11 is 0. The molecule has 21 heavy (non-hydrogen) atoms. The summed E-state index contributed by atoms with van der Waals surface area (Å²) in [5.74, 6) is 0.406. The Labute approximate surface area is 127 Å². The van der Waals surface area contributed by atoms with Gasteiger partial charge in [-0.2, -0.15) is 0 Å². The highest BCUT2D eigenvalue weighted by Gasteiger charge is 2.15. The van der Waals surface area contributed by atoms with Crippen LogP contribution < -0.4 is 5.73 Å². The molecule has 0 aliphatic heterocycles. The fourth-order valence-electron chi connectivity index (χ4n) is 1.99. The van der Waals surface area contributed by atoms with Crippen LogP contribution in [0.1, 0.15) is 45.1 Å². The SMILES string of the molecule is CC(C)S(=O)(=O)CCCCCC(=O)Cc1ccc(N)cc1. The zero-order chi connectivity index (χ0) is 15.9. The van der Waals surface area contributed by atoms with Gasteiger partial charge in [0.2, 0.25) is 0 Å². The second-order valence-corrected chi connectivity index (χ2v) is 8.36. The van der Waals surface area contributed by atoms with Crippen molar-refractivity contribution < 1.29 is 13.2 Å². The molecule has 0 atom stereocenters. The van der Waals surface area contributed by atoms with Crippen molar-refractivity contribution in [3.63, 3.8) is 0 Å². The van der Waals surface area contributed by atoms with Crippen LogP contribution in [0, 0.1) is 0 Å². The van der Waals surface area contributed by atoms with Crippen LogP contribution in [0.4, 0.5) is 5.69 Å². The van der Waals surface area contributed by atoms with E-state index in [0.29, 0.717) is 24.9 Å². The maximum atomic E-state index is 11.8. The fraction of sp³-hybridized carbons (Fsp3) is 0.562. The third-order valence-corrected chi connectivity index (χ3v) is 5.78. The summed E-state index contributed by atoms with van der Waals surface area (Å²) in [6.07, 6.45) is 3.09. The van der Waals surface area contributed by atoms with Crippen LogP contribution in [0.3, 0.4) is 0 Å². The van der Waals surface area contributed by atoms with Gasteiger partial charge < -0.3 is 5.73 Å². The van der Waals surface area contributed by atoms with Crippen LogP contribution in [-0.4, -0.2) is 25.2 Å². The molecule has 0 amide bonds. The molecule has 0 unspecified atom stereocenters. The zero-order valence-corrected chi connectivity index (χ0v) is 13.7. The van der Waals surface area contributed by atoms with Gasteiger partial charge in [-0.15, -0.1) is 0 Å². The molecule has 0 spiro atoms. The summed E-state index contributed by atoms with van der Waals surface area (Å²) < 4.78 is 23.2. The monoisotopic (exact) mass is 311 g/mol. The van der Waals surface area contributed by atoms with Gasteiger partial charge in [-0.3, -0.25) is 4.79 Å². The van der Waals surface area contributed by atoms with Crippen molar-refractivity contribution in [3.05, 3.63) is 29.8 Å². The highest BCUT2D eigenvalue weighted by molar-refractivity contribution is 7.91. The number of Topliss-reactive ketones (excluding diaryl/α,β-unsaturated/α-hetero) is 1. The molecule has 2 N–H and O–H groups in total. The Morgan fingerprint density at radius 2 is 1.71 bits per heavy atom. The summed E-state index contributed by atoms with van der Waals surface area (Å²) in [5.41, 5.74) is 7.25. The van der Waals surface area contributed by atoms with E-state index in [9.17, 15) is 13.2 Å². The number of nitrogen functional groups attached to an aromatic ring is 1. The third kappa shape index (κ3) is 6.76. The fourth-order valence-corrected chi connectivity index (χ4v) is 3.07. The highest BCUT2D eigenvalue weighted by Crippen LogP contribution is 2.10. The van der Waals surface area contributed by atoms with Gasteiger partial charge >= 0.3 is 0 Å². The first-order chi connectivity index (χ1) is 9.81. The van der Waals surface area contributed by atoms with E-state index in [0.717, 1.165) is 18.4 Å². The normalized spacial score (nSPS) is 11.8. The number of rotatable bonds is 9. The van der Waals surface area contributed by atoms with Gasteiger partial charge in [0.25, 0.3) is 0 Å². The van der Waals surface area contributed by atoms with E-state index in [1.165, 1.54) is 0 Å². The lowest BCUT2D eigenvalue weighted by Gasteiger charge is -2.07. The van der Waals surface area contributed by atoms with E-state index in [-0.39, 0.29) is 16.8 Å². The Bertz CT molecular complexity index is 547. The van der Waals surface area contributed by atoms with Gasteiger partial charge in [-0.1, -0.05) is 18.6 Å². The van der Waals surface area contributed by atoms with Gasteiger partial charge in [0.15, 0.2) is 9.84 Å². The number of unbranched alkanes of at least 4 members (excludes halogenated alkanes) is 2. The topological polar surface area (TPSA) is 77.2 Å². The minimum Gasteiger partial charge on any atom is -0.399 e. The molecule has 0 saturated heterocycles. The van der Waals surface area contributed by atoms with Crippen LogP contribution in [0.2, 0.25) is 0 Å². The van der Waals surface area contributed by atoms with Gasteiger partial charge in [-0.05, 0) is 44.4 Å². The van der Waals surface area contributed by atoms with Crippen LogP contribution in [0.25, 0.3) is 0 Å². The summed E-state index contributed by atoms with van der Waals surface area (Å²) in [7, 11) is -2.95. The molecule has 0 radical (unpaired) electrons. The van der Waals surface area contributed by atoms with E-state index >= 15 is 0 Å². The Morgan fingerprint density at radius 1 is 1.10 bits per heavy atom. The molecule has 0 heterocycles. The lowest BCUT2D eigenvalue weighted by Crippen LogP contribution is -2.17. The van der Waals surface area contributed by atoms with Gasteiger partial charge in [0, 0.05) is 18.5 Å². The minimum atomic E-state index is -2.95. The van der Waals surface area contributed by atoms with E-state index < -0.39 is 9.84 Å². The summed E-state index contributed by atoms with van der Waals surface area (Å²) in [6.45, 7) is 3.40. The number of carbonyl (C=O) groups excluding carboxylic acids is 1. The van der Waals surface area contributed by atoms with E-state index in [2.05, 4.69) is 0 Å². The van der Waals surface area contributed by atoms with Crippen LogP contribution in [0.15, 0.2) is 24.3 Å². The van der Waals surface area contributed by atoms with Crippen LogP contribution in [-0.2, 0) is 21.1 Å². The van der Waals surface area contributed by atoms with Crippen molar-refractivity contribution in [2.24, 2.45) is 0 Å². The summed E-state index contributed by atoms with van der Waals surface area (Å²) in [6, 6.07) is 7.31. The second-order valence-electron chi connectivity index (χ2n) is 5.68. The summed E-state index contributed by atoms with van der Waals surface area (Å²) in [5, 5.41) is -0.315. The standard InChI is InChI=1S/C16H25NO3S/c1-13(2)21(19,20)11-5-3-4-6-16(18)12-14-7-9-15(17)10-8-14/h7-10,13H,3-6,11-12,17H2,1-2H3. The second kappa shape index (κ2) is 8.17. The lowest BCUT2D eigenvalue weighted by atomic mass is 10.0. The van der Waals surface area contributed by atoms with Crippen molar-refractivity contribution in [3.8, 4) is 0 Å². The van der Waals surface area contributed by atoms with Crippen LogP contribution >= 0.6 is 0 Å². The zero-order valence-electron chi connectivity index (χ0n) is 12.8. The maximum absolute atomic E-state index is 11.8. The molecular formula is C16H25NO3S. The molecule has 0 bridgehead atoms. The van der Waals surface area contributed by atoms with Crippen molar-refractivity contribution in [2.45, 2.75) is 51.2 Å². The first-order valence-corrected chi connectivity index (χ1v) is 9.10. The quantitative estimate of drug-likeness (QED) is 0.562. The van der Waals surface area contributed by atoms with Gasteiger partial charge in [0.05, 0.1) is 11.0 Å². The Hall–Kier alpha value is -1.36. The average Bonchev–Trinajstić information content (AvgIpc) is 2.40. The number of anilines is 1. The molecule has 118 valence electrons. The largest absolute Gasteiger partial charge is 0.399 e. The van der Waals surface area contributed by atoms with Crippen molar-refractivity contribution in [1.29, 1.82) is 0 Å². The van der Waals surface area contributed by atoms with Gasteiger partial charge in [0.1, 0.15) is 5.78 Å². The third-order valence-electron chi connectivity index (χ3n) is 3.48. The molecule has 0 aromatic heterocycles. The molecule has 5 heteroatoms. The predicted octanol–water partition coefficient (Wildman–Crippen LogP) is 2.76. The molecule has 1 rings (SSSR count). The number of sulfone groups is 1. The Morgan fingerprint density at radius 3 is 2.29 bits per heavy atom. The smallest absolute Gasteiger partial charge is 0.152 e. The molecule has 0 saturated carbocycles. The van der Waals surface area contributed by atoms with Crippen molar-refractivity contribution in [1.82, 2.24) is 0 Å². The van der Waals surface area contributed by atoms with E-state index in [1.54, 1.807) is 26.0 Å². The Balaban J connectivity index is 2.21. The number of ketones is 1. The number of hydrogen-bond acceptors (Lipinski definition) is 4. The predicted molar refractivity (Wildman–Crippen MR) is 87.0 cm³/mol.